The molecule has 0 amide bonds. The van der Waals surface area contributed by atoms with Crippen molar-refractivity contribution in [2.24, 2.45) is 0 Å². The number of rotatable bonds is 6. The van der Waals surface area contributed by atoms with Crippen LogP contribution in [0.1, 0.15) is 31.7 Å². The van der Waals surface area contributed by atoms with E-state index in [0.29, 0.717) is 19.1 Å². The van der Waals surface area contributed by atoms with Gasteiger partial charge in [-0.05, 0) is 42.2 Å². The van der Waals surface area contributed by atoms with Gasteiger partial charge < -0.3 is 4.74 Å². The summed E-state index contributed by atoms with van der Waals surface area (Å²) in [6, 6.07) is 16.3. The topological polar surface area (TPSA) is 39.9 Å². The van der Waals surface area contributed by atoms with Crippen LogP contribution in [-0.2, 0) is 6.54 Å². The van der Waals surface area contributed by atoms with Crippen LogP contribution in [0, 0.1) is 0 Å². The highest BCUT2D eigenvalue weighted by molar-refractivity contribution is 5.73. The molecule has 4 nitrogen and oxygen atoms in total. The predicted molar refractivity (Wildman–Crippen MR) is 88.2 cm³/mol. The van der Waals surface area contributed by atoms with Crippen LogP contribution in [0.4, 0.5) is 0 Å². The van der Waals surface area contributed by atoms with Gasteiger partial charge in [0.2, 0.25) is 0 Å². The van der Waals surface area contributed by atoms with Gasteiger partial charge in [0.1, 0.15) is 17.9 Å². The van der Waals surface area contributed by atoms with E-state index in [0.717, 1.165) is 23.2 Å². The Labute approximate surface area is 130 Å². The number of para-hydroxylation sites is 1. The lowest BCUT2D eigenvalue weighted by Gasteiger charge is -2.11. The predicted octanol–water partition coefficient (Wildman–Crippen LogP) is 4.02. The fourth-order valence-electron chi connectivity index (χ4n) is 2.46. The molecule has 0 fully saturated rings. The molecule has 3 rings (SSSR count). The maximum Gasteiger partial charge on any atom is 0.119 e. The minimum Gasteiger partial charge on any atom is -0.492 e. The van der Waals surface area contributed by atoms with E-state index >= 15 is 0 Å². The van der Waals surface area contributed by atoms with Gasteiger partial charge in [-0.25, -0.2) is 4.68 Å². The molecular weight excluding hydrogens is 274 g/mol. The molecule has 114 valence electrons. The first-order valence-electron chi connectivity index (χ1n) is 7.79. The maximum atomic E-state index is 5.81. The molecule has 4 heteroatoms. The third-order valence-corrected chi connectivity index (χ3v) is 4.05. The maximum absolute atomic E-state index is 5.81. The van der Waals surface area contributed by atoms with E-state index in [1.54, 1.807) is 0 Å². The number of nitrogens with zero attached hydrogens (tertiary/aromatic N) is 3. The van der Waals surface area contributed by atoms with E-state index in [2.05, 4.69) is 36.3 Å². The second-order valence-corrected chi connectivity index (χ2v) is 5.53. The molecule has 22 heavy (non-hydrogen) atoms. The Kier molecular flexibility index (Phi) is 4.37. The van der Waals surface area contributed by atoms with Crippen molar-refractivity contribution in [1.82, 2.24) is 15.0 Å². The summed E-state index contributed by atoms with van der Waals surface area (Å²) in [5.74, 6) is 1.49. The quantitative estimate of drug-likeness (QED) is 0.689. The van der Waals surface area contributed by atoms with Crippen LogP contribution in [0.15, 0.2) is 48.5 Å². The van der Waals surface area contributed by atoms with Gasteiger partial charge >= 0.3 is 0 Å². The van der Waals surface area contributed by atoms with Crippen molar-refractivity contribution in [3.8, 4) is 5.75 Å². The summed E-state index contributed by atoms with van der Waals surface area (Å²) in [7, 11) is 0. The second kappa shape index (κ2) is 6.60. The molecule has 0 aliphatic rings. The van der Waals surface area contributed by atoms with Crippen LogP contribution in [0.2, 0.25) is 0 Å². The molecule has 1 atom stereocenters. The Bertz CT molecular complexity index is 733. The Morgan fingerprint density at radius 1 is 1.09 bits per heavy atom. The van der Waals surface area contributed by atoms with Gasteiger partial charge in [0.15, 0.2) is 0 Å². The average Bonchev–Trinajstić information content (AvgIpc) is 2.98. The van der Waals surface area contributed by atoms with Gasteiger partial charge in [-0.3, -0.25) is 0 Å². The average molecular weight is 295 g/mol. The van der Waals surface area contributed by atoms with Crippen LogP contribution in [0.25, 0.3) is 11.0 Å². The first kappa shape index (κ1) is 14.6. The van der Waals surface area contributed by atoms with Crippen molar-refractivity contribution >= 4 is 11.0 Å². The first-order valence-corrected chi connectivity index (χ1v) is 7.79. The molecule has 0 N–H and O–H groups in total. The van der Waals surface area contributed by atoms with Crippen LogP contribution in [0.3, 0.4) is 0 Å². The second-order valence-electron chi connectivity index (χ2n) is 5.53. The minimum absolute atomic E-state index is 0.579. The van der Waals surface area contributed by atoms with Gasteiger partial charge in [0.05, 0.1) is 12.1 Å². The number of hydrogen-bond acceptors (Lipinski definition) is 3. The number of ether oxygens (including phenoxy) is 1. The molecule has 0 saturated heterocycles. The van der Waals surface area contributed by atoms with E-state index < -0.39 is 0 Å². The fourth-order valence-corrected chi connectivity index (χ4v) is 2.46. The van der Waals surface area contributed by atoms with Crippen LogP contribution >= 0.6 is 0 Å². The third-order valence-electron chi connectivity index (χ3n) is 4.05. The highest BCUT2D eigenvalue weighted by Gasteiger charge is 2.04. The molecule has 1 aromatic heterocycles. The summed E-state index contributed by atoms with van der Waals surface area (Å²) in [6.45, 7) is 5.72. The molecule has 0 saturated carbocycles. The molecule has 1 heterocycles. The number of hydrogen-bond donors (Lipinski definition) is 0. The lowest BCUT2D eigenvalue weighted by molar-refractivity contribution is 0.292. The van der Waals surface area contributed by atoms with Crippen molar-refractivity contribution in [1.29, 1.82) is 0 Å². The van der Waals surface area contributed by atoms with E-state index in [9.17, 15) is 0 Å². The molecule has 0 radical (unpaired) electrons. The van der Waals surface area contributed by atoms with Gasteiger partial charge in [-0.2, -0.15) is 0 Å². The van der Waals surface area contributed by atoms with Crippen molar-refractivity contribution in [2.75, 3.05) is 6.61 Å². The Hall–Kier alpha value is -2.36. The summed E-state index contributed by atoms with van der Waals surface area (Å²) in [4.78, 5) is 0. The third kappa shape index (κ3) is 3.11. The zero-order chi connectivity index (χ0) is 15.4. The molecule has 0 aliphatic carbocycles. The van der Waals surface area contributed by atoms with Crippen molar-refractivity contribution in [3.05, 3.63) is 54.1 Å². The van der Waals surface area contributed by atoms with Crippen LogP contribution in [-0.4, -0.2) is 21.6 Å². The van der Waals surface area contributed by atoms with Crippen molar-refractivity contribution in [3.63, 3.8) is 0 Å². The SMILES string of the molecule is CCC(C)c1ccc(OCCn2nnc3ccccc32)cc1. The Morgan fingerprint density at radius 3 is 2.64 bits per heavy atom. The molecular formula is C18H21N3O. The zero-order valence-corrected chi connectivity index (χ0v) is 13.1. The summed E-state index contributed by atoms with van der Waals surface area (Å²) >= 11 is 0. The molecule has 1 unspecified atom stereocenters. The van der Waals surface area contributed by atoms with E-state index in [1.807, 2.05) is 41.1 Å². The van der Waals surface area contributed by atoms with Crippen molar-refractivity contribution < 1.29 is 4.74 Å². The van der Waals surface area contributed by atoms with E-state index in [4.69, 9.17) is 4.74 Å². The summed E-state index contributed by atoms with van der Waals surface area (Å²) in [5.41, 5.74) is 3.32. The standard InChI is InChI=1S/C18H21N3O/c1-3-14(2)15-8-10-16(11-9-15)22-13-12-21-18-7-5-4-6-17(18)19-20-21/h4-11,14H,3,12-13H2,1-2H3. The largest absolute Gasteiger partial charge is 0.492 e. The van der Waals surface area contributed by atoms with Gasteiger partial charge in [0, 0.05) is 0 Å². The number of aromatic nitrogens is 3. The van der Waals surface area contributed by atoms with Crippen molar-refractivity contribution in [2.45, 2.75) is 32.7 Å². The normalized spacial score (nSPS) is 12.5. The lowest BCUT2D eigenvalue weighted by Crippen LogP contribution is -2.09. The van der Waals surface area contributed by atoms with Crippen LogP contribution < -0.4 is 4.74 Å². The number of fused-ring (bicyclic) bond motifs is 1. The van der Waals surface area contributed by atoms with Gasteiger partial charge in [-0.1, -0.05) is 43.3 Å². The van der Waals surface area contributed by atoms with E-state index in [-0.39, 0.29) is 0 Å². The Balaban J connectivity index is 1.59. The monoisotopic (exact) mass is 295 g/mol. The highest BCUT2D eigenvalue weighted by atomic mass is 16.5. The molecule has 3 aromatic rings. The van der Waals surface area contributed by atoms with Crippen LogP contribution in [0.5, 0.6) is 5.75 Å². The zero-order valence-electron chi connectivity index (χ0n) is 13.1. The first-order chi connectivity index (χ1) is 10.8. The smallest absolute Gasteiger partial charge is 0.119 e. The fraction of sp³-hybridized carbons (Fsp3) is 0.333. The minimum atomic E-state index is 0.579. The highest BCUT2D eigenvalue weighted by Crippen LogP contribution is 2.21. The summed E-state index contributed by atoms with van der Waals surface area (Å²) < 4.78 is 7.69. The summed E-state index contributed by atoms with van der Waals surface area (Å²) in [5, 5.41) is 8.30. The van der Waals surface area contributed by atoms with Gasteiger partial charge in [0.25, 0.3) is 0 Å². The van der Waals surface area contributed by atoms with E-state index in [1.165, 1.54) is 5.56 Å². The van der Waals surface area contributed by atoms with Gasteiger partial charge in [-0.15, -0.1) is 5.10 Å². The Morgan fingerprint density at radius 2 is 1.86 bits per heavy atom. The molecule has 0 bridgehead atoms. The molecule has 0 aliphatic heterocycles. The summed E-state index contributed by atoms with van der Waals surface area (Å²) in [6.07, 6.45) is 1.15. The molecule has 0 spiro atoms. The lowest BCUT2D eigenvalue weighted by atomic mass is 9.99. The number of benzene rings is 2. The molecule has 2 aromatic carbocycles.